The van der Waals surface area contributed by atoms with Crippen molar-refractivity contribution in [1.82, 2.24) is 4.90 Å². The van der Waals surface area contributed by atoms with Crippen molar-refractivity contribution >= 4 is 23.5 Å². The fraction of sp³-hybridized carbons (Fsp3) is 0.500. The molecule has 0 bridgehead atoms. The van der Waals surface area contributed by atoms with Crippen LogP contribution in [-0.4, -0.2) is 35.5 Å². The average Bonchev–Trinajstić information content (AvgIpc) is 2.36. The molecule has 1 unspecified atom stereocenters. The zero-order valence-electron chi connectivity index (χ0n) is 12.6. The molecule has 1 amide bonds. The molecule has 1 heterocycles. The van der Waals surface area contributed by atoms with E-state index in [2.05, 4.69) is 0 Å². The van der Waals surface area contributed by atoms with Crippen molar-refractivity contribution in [3.05, 3.63) is 34.9 Å². The number of halogens is 1. The summed E-state index contributed by atoms with van der Waals surface area (Å²) < 4.78 is 5.30. The molecule has 1 aromatic rings. The zero-order chi connectivity index (χ0) is 15.6. The van der Waals surface area contributed by atoms with E-state index in [1.807, 2.05) is 39.0 Å². The molecule has 1 aliphatic heterocycles. The monoisotopic (exact) mass is 309 g/mol. The van der Waals surface area contributed by atoms with Crippen molar-refractivity contribution in [2.75, 3.05) is 13.1 Å². The molecule has 0 radical (unpaired) electrons. The van der Waals surface area contributed by atoms with Crippen LogP contribution in [-0.2, 0) is 9.53 Å². The number of carbonyl (C=O) groups is 2. The highest BCUT2D eigenvalue weighted by atomic mass is 35.5. The quantitative estimate of drug-likeness (QED) is 0.795. The Labute approximate surface area is 130 Å². The van der Waals surface area contributed by atoms with E-state index in [0.717, 1.165) is 5.56 Å². The molecule has 0 aromatic heterocycles. The van der Waals surface area contributed by atoms with Gasteiger partial charge in [0, 0.05) is 17.5 Å². The Kier molecular flexibility index (Phi) is 4.57. The maximum absolute atomic E-state index is 12.3. The molecule has 2 rings (SSSR count). The van der Waals surface area contributed by atoms with Gasteiger partial charge in [-0.1, -0.05) is 23.7 Å². The molecule has 1 saturated heterocycles. The lowest BCUT2D eigenvalue weighted by Crippen LogP contribution is -2.45. The third kappa shape index (κ3) is 4.21. The van der Waals surface area contributed by atoms with Gasteiger partial charge in [0.2, 0.25) is 0 Å². The molecule has 0 saturated carbocycles. The number of piperidine rings is 1. The standard InChI is InChI=1S/C16H20ClNO3/c1-16(2,3)21-15(20)18-8-7-13(14(19)10-18)11-5-4-6-12(17)9-11/h4-6,9,13H,7-8,10H2,1-3H3. The number of Topliss-reactive ketones (excluding diaryl/α,β-unsaturated/α-hetero) is 1. The number of amides is 1. The summed E-state index contributed by atoms with van der Waals surface area (Å²) in [5.74, 6) is -0.170. The fourth-order valence-corrected chi connectivity index (χ4v) is 2.58. The summed E-state index contributed by atoms with van der Waals surface area (Å²) in [6.45, 7) is 6.03. The maximum Gasteiger partial charge on any atom is 0.410 e. The van der Waals surface area contributed by atoms with E-state index in [1.54, 1.807) is 6.07 Å². The number of hydrogen-bond donors (Lipinski definition) is 0. The van der Waals surface area contributed by atoms with Gasteiger partial charge in [0.25, 0.3) is 0 Å². The minimum atomic E-state index is -0.552. The molecular formula is C16H20ClNO3. The van der Waals surface area contributed by atoms with Crippen molar-refractivity contribution in [2.24, 2.45) is 0 Å². The number of nitrogens with zero attached hydrogens (tertiary/aromatic N) is 1. The van der Waals surface area contributed by atoms with Crippen LogP contribution >= 0.6 is 11.6 Å². The van der Waals surface area contributed by atoms with E-state index in [0.29, 0.717) is 18.0 Å². The van der Waals surface area contributed by atoms with E-state index in [-0.39, 0.29) is 18.2 Å². The summed E-state index contributed by atoms with van der Waals surface area (Å²) in [6.07, 6.45) is 0.165. The van der Waals surface area contributed by atoms with Crippen LogP contribution in [0.25, 0.3) is 0 Å². The number of likely N-dealkylation sites (tertiary alicyclic amines) is 1. The molecule has 5 heteroatoms. The highest BCUT2D eigenvalue weighted by Gasteiger charge is 2.32. The SMILES string of the molecule is CC(C)(C)OC(=O)N1CCC(c2cccc(Cl)c2)C(=O)C1. The topological polar surface area (TPSA) is 46.6 Å². The molecular weight excluding hydrogens is 290 g/mol. The minimum Gasteiger partial charge on any atom is -0.444 e. The lowest BCUT2D eigenvalue weighted by Gasteiger charge is -2.32. The first-order chi connectivity index (χ1) is 9.76. The van der Waals surface area contributed by atoms with Crippen LogP contribution in [0.15, 0.2) is 24.3 Å². The van der Waals surface area contributed by atoms with Crippen LogP contribution in [0.3, 0.4) is 0 Å². The van der Waals surface area contributed by atoms with Gasteiger partial charge in [-0.3, -0.25) is 4.79 Å². The zero-order valence-corrected chi connectivity index (χ0v) is 13.3. The third-order valence-electron chi connectivity index (χ3n) is 3.33. The normalized spacial score (nSPS) is 19.5. The number of benzene rings is 1. The summed E-state index contributed by atoms with van der Waals surface area (Å²) >= 11 is 5.97. The Morgan fingerprint density at radius 1 is 1.38 bits per heavy atom. The van der Waals surface area contributed by atoms with Crippen molar-refractivity contribution in [3.63, 3.8) is 0 Å². The number of rotatable bonds is 1. The second-order valence-electron chi connectivity index (χ2n) is 6.26. The van der Waals surface area contributed by atoms with Gasteiger partial charge in [-0.25, -0.2) is 4.79 Å². The predicted molar refractivity (Wildman–Crippen MR) is 81.6 cm³/mol. The lowest BCUT2D eigenvalue weighted by molar-refractivity contribution is -0.123. The predicted octanol–water partition coefficient (Wildman–Crippen LogP) is 3.63. The van der Waals surface area contributed by atoms with Gasteiger partial charge in [0.15, 0.2) is 5.78 Å². The Balaban J connectivity index is 2.03. The summed E-state index contributed by atoms with van der Waals surface area (Å²) in [5.41, 5.74) is 0.362. The largest absolute Gasteiger partial charge is 0.444 e. The van der Waals surface area contributed by atoms with Gasteiger partial charge in [-0.15, -0.1) is 0 Å². The van der Waals surface area contributed by atoms with E-state index >= 15 is 0 Å². The number of ether oxygens (including phenoxy) is 1. The van der Waals surface area contributed by atoms with Gasteiger partial charge in [0.05, 0.1) is 6.54 Å². The smallest absolute Gasteiger partial charge is 0.410 e. The Hall–Kier alpha value is -1.55. The first kappa shape index (κ1) is 15.8. The molecule has 1 atom stereocenters. The van der Waals surface area contributed by atoms with E-state index in [4.69, 9.17) is 16.3 Å². The van der Waals surface area contributed by atoms with Gasteiger partial charge < -0.3 is 9.64 Å². The van der Waals surface area contributed by atoms with Crippen molar-refractivity contribution in [1.29, 1.82) is 0 Å². The lowest BCUT2D eigenvalue weighted by atomic mass is 9.88. The van der Waals surface area contributed by atoms with E-state index in [1.165, 1.54) is 4.90 Å². The number of hydrogen-bond acceptors (Lipinski definition) is 3. The minimum absolute atomic E-state index is 0.0226. The van der Waals surface area contributed by atoms with Crippen LogP contribution in [0, 0.1) is 0 Å². The first-order valence-corrected chi connectivity index (χ1v) is 7.40. The molecule has 4 nitrogen and oxygen atoms in total. The van der Waals surface area contributed by atoms with Gasteiger partial charge >= 0.3 is 6.09 Å². The van der Waals surface area contributed by atoms with E-state index < -0.39 is 11.7 Å². The molecule has 21 heavy (non-hydrogen) atoms. The third-order valence-corrected chi connectivity index (χ3v) is 3.56. The second kappa shape index (κ2) is 6.06. The average molecular weight is 310 g/mol. The summed E-state index contributed by atoms with van der Waals surface area (Å²) in [4.78, 5) is 25.7. The van der Waals surface area contributed by atoms with Crippen LogP contribution in [0.4, 0.5) is 4.79 Å². The van der Waals surface area contributed by atoms with Crippen molar-refractivity contribution < 1.29 is 14.3 Å². The van der Waals surface area contributed by atoms with Crippen LogP contribution in [0.2, 0.25) is 5.02 Å². The number of ketones is 1. The molecule has 0 aliphatic carbocycles. The first-order valence-electron chi connectivity index (χ1n) is 7.02. The van der Waals surface area contributed by atoms with Crippen molar-refractivity contribution in [3.8, 4) is 0 Å². The number of carbonyl (C=O) groups excluding carboxylic acids is 2. The van der Waals surface area contributed by atoms with Gasteiger partial charge in [-0.05, 0) is 44.9 Å². The van der Waals surface area contributed by atoms with Gasteiger partial charge in [0.1, 0.15) is 5.60 Å². The molecule has 0 spiro atoms. The van der Waals surface area contributed by atoms with E-state index in [9.17, 15) is 9.59 Å². The van der Waals surface area contributed by atoms with Crippen molar-refractivity contribution in [2.45, 2.75) is 38.7 Å². The van der Waals surface area contributed by atoms with Crippen LogP contribution < -0.4 is 0 Å². The fourth-order valence-electron chi connectivity index (χ4n) is 2.38. The Bertz CT molecular complexity index is 551. The Morgan fingerprint density at radius 2 is 2.10 bits per heavy atom. The molecule has 114 valence electrons. The molecule has 1 aliphatic rings. The highest BCUT2D eigenvalue weighted by molar-refractivity contribution is 6.30. The summed E-state index contributed by atoms with van der Waals surface area (Å²) in [6, 6.07) is 7.33. The maximum atomic E-state index is 12.3. The Morgan fingerprint density at radius 3 is 2.67 bits per heavy atom. The van der Waals surface area contributed by atoms with Gasteiger partial charge in [-0.2, -0.15) is 0 Å². The summed E-state index contributed by atoms with van der Waals surface area (Å²) in [5, 5.41) is 0.620. The second-order valence-corrected chi connectivity index (χ2v) is 6.70. The van der Waals surface area contributed by atoms with Crippen LogP contribution in [0.5, 0.6) is 0 Å². The van der Waals surface area contributed by atoms with Crippen LogP contribution in [0.1, 0.15) is 38.7 Å². The molecule has 1 aromatic carbocycles. The highest BCUT2D eigenvalue weighted by Crippen LogP contribution is 2.27. The molecule has 1 fully saturated rings. The molecule has 0 N–H and O–H groups in total. The summed E-state index contributed by atoms with van der Waals surface area (Å²) in [7, 11) is 0.